The Hall–Kier alpha value is -5.25. The zero-order chi connectivity index (χ0) is 38.8. The summed E-state index contributed by atoms with van der Waals surface area (Å²) in [5.74, 6) is -4.56. The van der Waals surface area contributed by atoms with Crippen LogP contribution < -0.4 is 15.4 Å². The van der Waals surface area contributed by atoms with Gasteiger partial charge in [0.25, 0.3) is 11.8 Å². The molecular weight excluding hydrogens is 706 g/mol. The van der Waals surface area contributed by atoms with E-state index in [-0.39, 0.29) is 55.7 Å². The van der Waals surface area contributed by atoms with E-state index in [0.29, 0.717) is 31.9 Å². The van der Waals surface area contributed by atoms with Crippen molar-refractivity contribution in [2.45, 2.75) is 45.0 Å². The lowest BCUT2D eigenvalue weighted by Gasteiger charge is -2.24. The first-order valence-corrected chi connectivity index (χ1v) is 17.5. The zero-order valence-corrected chi connectivity index (χ0v) is 30.6. The van der Waals surface area contributed by atoms with Crippen LogP contribution in [0.3, 0.4) is 0 Å². The van der Waals surface area contributed by atoms with Gasteiger partial charge in [-0.3, -0.25) is 19.4 Å². The maximum absolute atomic E-state index is 15.0. The molecule has 0 bridgehead atoms. The highest BCUT2D eigenvalue weighted by Gasteiger charge is 2.39. The van der Waals surface area contributed by atoms with Crippen LogP contribution in [0.4, 0.5) is 13.6 Å². The van der Waals surface area contributed by atoms with Gasteiger partial charge in [-0.25, -0.2) is 13.6 Å². The molecule has 0 aromatic heterocycles. The molecular formula is C39H44F2N4O9. The number of carbonyl (C=O) groups excluding carboxylic acids is 4. The number of ether oxygens (including phenoxy) is 5. The molecule has 0 saturated carbocycles. The van der Waals surface area contributed by atoms with Crippen molar-refractivity contribution in [3.05, 3.63) is 99.6 Å². The minimum absolute atomic E-state index is 0.0211. The van der Waals surface area contributed by atoms with Crippen molar-refractivity contribution in [2.24, 2.45) is 4.99 Å². The van der Waals surface area contributed by atoms with E-state index in [1.54, 1.807) is 46.2 Å². The van der Waals surface area contributed by atoms with E-state index in [2.05, 4.69) is 15.6 Å². The molecule has 3 amide bonds. The predicted molar refractivity (Wildman–Crippen MR) is 193 cm³/mol. The van der Waals surface area contributed by atoms with Gasteiger partial charge in [0.1, 0.15) is 23.5 Å². The topological polar surface area (TPSA) is 154 Å². The van der Waals surface area contributed by atoms with Crippen molar-refractivity contribution >= 4 is 29.9 Å². The highest BCUT2D eigenvalue weighted by Crippen LogP contribution is 2.27. The lowest BCUT2D eigenvalue weighted by atomic mass is 10.00. The van der Waals surface area contributed by atoms with Crippen LogP contribution in [0.5, 0.6) is 5.75 Å². The van der Waals surface area contributed by atoms with Gasteiger partial charge >= 0.3 is 6.09 Å². The maximum atomic E-state index is 15.0. The average molecular weight is 751 g/mol. The lowest BCUT2D eigenvalue weighted by Crippen LogP contribution is -2.51. The molecule has 0 spiro atoms. The van der Waals surface area contributed by atoms with Crippen molar-refractivity contribution in [3.63, 3.8) is 0 Å². The first-order chi connectivity index (χ1) is 25.8. The molecule has 2 N–H and O–H groups in total. The van der Waals surface area contributed by atoms with Gasteiger partial charge in [-0.1, -0.05) is 18.2 Å². The minimum Gasteiger partial charge on any atom is -0.490 e. The van der Waals surface area contributed by atoms with E-state index >= 15 is 4.39 Å². The van der Waals surface area contributed by atoms with E-state index in [0.717, 1.165) is 23.3 Å². The van der Waals surface area contributed by atoms with E-state index < -0.39 is 52.7 Å². The third kappa shape index (κ3) is 10.5. The van der Waals surface area contributed by atoms with Crippen LogP contribution in [0.1, 0.15) is 68.5 Å². The van der Waals surface area contributed by atoms with Crippen LogP contribution >= 0.6 is 0 Å². The molecule has 3 aromatic rings. The molecule has 5 rings (SSSR count). The van der Waals surface area contributed by atoms with E-state index in [1.165, 1.54) is 29.2 Å². The molecule has 13 nitrogen and oxygen atoms in total. The normalized spacial score (nSPS) is 16.2. The van der Waals surface area contributed by atoms with Crippen LogP contribution in [0.2, 0.25) is 0 Å². The van der Waals surface area contributed by atoms with Crippen LogP contribution in [0, 0.1) is 11.6 Å². The Kier molecular flexibility index (Phi) is 13.5. The minimum atomic E-state index is -1.37. The third-order valence-corrected chi connectivity index (χ3v) is 8.48. The number of aliphatic imine (C=N–C) groups is 1. The highest BCUT2D eigenvalue weighted by molar-refractivity contribution is 6.11. The average Bonchev–Trinajstić information content (AvgIpc) is 3.78. The van der Waals surface area contributed by atoms with Crippen LogP contribution in [-0.2, 0) is 25.5 Å². The van der Waals surface area contributed by atoms with Crippen molar-refractivity contribution in [1.29, 1.82) is 0 Å². The molecule has 2 aliphatic rings. The smallest absolute Gasteiger partial charge is 0.410 e. The fourth-order valence-corrected chi connectivity index (χ4v) is 5.78. The van der Waals surface area contributed by atoms with Gasteiger partial charge in [0, 0.05) is 43.1 Å². The maximum Gasteiger partial charge on any atom is 0.410 e. The Morgan fingerprint density at radius 3 is 2.04 bits per heavy atom. The number of nitrogens with zero attached hydrogens (tertiary/aromatic N) is 2. The number of likely N-dealkylation sites (tertiary alicyclic amines) is 1. The molecule has 288 valence electrons. The Morgan fingerprint density at radius 2 is 1.39 bits per heavy atom. The fourth-order valence-electron chi connectivity index (χ4n) is 5.78. The summed E-state index contributed by atoms with van der Waals surface area (Å²) in [7, 11) is 1.57. The van der Waals surface area contributed by atoms with E-state index in [1.807, 2.05) is 6.07 Å². The molecule has 3 aromatic carbocycles. The first kappa shape index (κ1) is 39.9. The Labute approximate surface area is 311 Å². The van der Waals surface area contributed by atoms with Gasteiger partial charge in [0.05, 0.1) is 51.7 Å². The molecule has 1 saturated heterocycles. The molecule has 54 heavy (non-hydrogen) atoms. The van der Waals surface area contributed by atoms with E-state index in [4.69, 9.17) is 23.7 Å². The number of hydrogen-bond donors (Lipinski definition) is 2. The Balaban J connectivity index is 1.24. The number of nitrogens with one attached hydrogen (secondary N) is 2. The second kappa shape index (κ2) is 18.2. The van der Waals surface area contributed by atoms with E-state index in [9.17, 15) is 23.6 Å². The molecule has 1 fully saturated rings. The molecule has 2 heterocycles. The van der Waals surface area contributed by atoms with Crippen molar-refractivity contribution < 1.29 is 51.6 Å². The SMILES string of the molecule is COCCOCCOCCOc1ccc(F)c(F)c1C(=O)c1ccc(C(=O)N[C@@H]2CN(C(=O)OC(C)(C)C)C[C@H]2NC(=O)c2ccc3c(c2)CN=C3)cc1. The summed E-state index contributed by atoms with van der Waals surface area (Å²) in [6.45, 7) is 7.37. The largest absolute Gasteiger partial charge is 0.490 e. The van der Waals surface area contributed by atoms with Crippen molar-refractivity contribution in [3.8, 4) is 5.75 Å². The number of rotatable bonds is 16. The zero-order valence-electron chi connectivity index (χ0n) is 30.6. The van der Waals surface area contributed by atoms with Gasteiger partial charge in [-0.2, -0.15) is 0 Å². The second-order valence-electron chi connectivity index (χ2n) is 13.6. The fraction of sp³-hybridized carbons (Fsp3) is 0.410. The number of halogens is 2. The molecule has 0 aliphatic carbocycles. The summed E-state index contributed by atoms with van der Waals surface area (Å²) in [5.41, 5.74) is 1.03. The van der Waals surface area contributed by atoms with Gasteiger partial charge in [0.2, 0.25) is 0 Å². The molecule has 15 heteroatoms. The number of carbonyl (C=O) groups is 4. The van der Waals surface area contributed by atoms with Crippen LogP contribution in [0.25, 0.3) is 0 Å². The third-order valence-electron chi connectivity index (χ3n) is 8.48. The number of fused-ring (bicyclic) bond motifs is 1. The highest BCUT2D eigenvalue weighted by atomic mass is 19.2. The molecule has 2 aliphatic heterocycles. The summed E-state index contributed by atoms with van der Waals surface area (Å²) < 4.78 is 56.0. The van der Waals surface area contributed by atoms with Gasteiger partial charge in [-0.15, -0.1) is 0 Å². The number of hydrogen-bond acceptors (Lipinski definition) is 10. The summed E-state index contributed by atoms with van der Waals surface area (Å²) in [6, 6.07) is 11.3. The Morgan fingerprint density at radius 1 is 0.796 bits per heavy atom. The number of benzene rings is 3. The number of methoxy groups -OCH3 is 1. The number of amides is 3. The van der Waals surface area contributed by atoms with Crippen LogP contribution in [0.15, 0.2) is 59.6 Å². The Bertz CT molecular complexity index is 1860. The summed E-state index contributed by atoms with van der Waals surface area (Å²) >= 11 is 0. The van der Waals surface area contributed by atoms with Gasteiger partial charge in [0.15, 0.2) is 17.4 Å². The lowest BCUT2D eigenvalue weighted by molar-refractivity contribution is 0.0179. The van der Waals surface area contributed by atoms with Crippen molar-refractivity contribution in [2.75, 3.05) is 59.8 Å². The number of ketones is 1. The van der Waals surface area contributed by atoms with Crippen molar-refractivity contribution in [1.82, 2.24) is 15.5 Å². The molecule has 2 atom stereocenters. The second-order valence-corrected chi connectivity index (χ2v) is 13.6. The first-order valence-electron chi connectivity index (χ1n) is 17.5. The van der Waals surface area contributed by atoms with Crippen LogP contribution in [-0.4, -0.2) is 112 Å². The summed E-state index contributed by atoms with van der Waals surface area (Å²) in [5, 5.41) is 5.83. The molecule has 0 unspecified atom stereocenters. The van der Waals surface area contributed by atoms with Gasteiger partial charge < -0.3 is 39.2 Å². The monoisotopic (exact) mass is 750 g/mol. The summed E-state index contributed by atoms with van der Waals surface area (Å²) in [6.07, 6.45) is 1.15. The summed E-state index contributed by atoms with van der Waals surface area (Å²) in [4.78, 5) is 58.9. The molecule has 0 radical (unpaired) electrons. The van der Waals surface area contributed by atoms with Gasteiger partial charge in [-0.05, 0) is 68.3 Å². The predicted octanol–water partition coefficient (Wildman–Crippen LogP) is 4.33. The quantitative estimate of drug-likeness (QED) is 0.161. The standard InChI is InChI=1S/C39H44F2N4O9/c1-39(2,3)54-38(49)45-22-30(31(23-45)44-37(48)26-9-10-27-20-42-21-28(27)19-26)43-36(47)25-7-5-24(6-8-25)35(46)33-32(12-11-29(40)34(33)41)53-18-17-52-16-15-51-14-13-50-4/h5-12,19-20,30-31H,13-18,21-23H2,1-4H3,(H,43,47)(H,44,48)/t30-,31-/m1/s1.